The predicted octanol–water partition coefficient (Wildman–Crippen LogP) is 3.40. The molecule has 0 radical (unpaired) electrons. The zero-order valence-corrected chi connectivity index (χ0v) is 18.0. The lowest BCUT2D eigenvalue weighted by Gasteiger charge is -2.25. The minimum absolute atomic E-state index is 0.198. The van der Waals surface area contributed by atoms with Gasteiger partial charge in [-0.15, -0.1) is 0 Å². The highest BCUT2D eigenvalue weighted by atomic mass is 32.2. The molecule has 1 saturated heterocycles. The SMILES string of the molecule is CC(NC(=O)c1ccc(S(=O)(=O)N2CCCCC2)cc1)c1nc(-c2ccccc2)no1. The van der Waals surface area contributed by atoms with Crippen LogP contribution >= 0.6 is 0 Å². The summed E-state index contributed by atoms with van der Waals surface area (Å²) in [5, 5.41) is 6.77. The van der Waals surface area contributed by atoms with Crippen LogP contribution in [0.2, 0.25) is 0 Å². The molecule has 9 heteroatoms. The zero-order chi connectivity index (χ0) is 21.8. The van der Waals surface area contributed by atoms with Crippen molar-refractivity contribution in [2.24, 2.45) is 0 Å². The van der Waals surface area contributed by atoms with Gasteiger partial charge in [0, 0.05) is 24.2 Å². The van der Waals surface area contributed by atoms with Crippen LogP contribution in [-0.2, 0) is 10.0 Å². The van der Waals surface area contributed by atoms with Gasteiger partial charge >= 0.3 is 0 Å². The minimum Gasteiger partial charge on any atom is -0.341 e. The van der Waals surface area contributed by atoms with Crippen molar-refractivity contribution in [2.75, 3.05) is 13.1 Å². The number of amides is 1. The van der Waals surface area contributed by atoms with Crippen molar-refractivity contribution in [2.45, 2.75) is 37.1 Å². The first-order valence-corrected chi connectivity index (χ1v) is 11.7. The van der Waals surface area contributed by atoms with Gasteiger partial charge in [0.05, 0.1) is 4.90 Å². The lowest BCUT2D eigenvalue weighted by atomic mass is 10.2. The Morgan fingerprint density at radius 2 is 1.71 bits per heavy atom. The fraction of sp³-hybridized carbons (Fsp3) is 0.318. The lowest BCUT2D eigenvalue weighted by molar-refractivity contribution is 0.0932. The van der Waals surface area contributed by atoms with Gasteiger partial charge in [-0.1, -0.05) is 41.9 Å². The van der Waals surface area contributed by atoms with Gasteiger partial charge in [0.15, 0.2) is 0 Å². The number of piperidine rings is 1. The fourth-order valence-electron chi connectivity index (χ4n) is 3.49. The second-order valence-corrected chi connectivity index (χ2v) is 9.44. The summed E-state index contributed by atoms with van der Waals surface area (Å²) in [5.74, 6) is 0.384. The molecule has 1 aromatic heterocycles. The molecule has 1 amide bonds. The molecule has 1 N–H and O–H groups in total. The van der Waals surface area contributed by atoms with Crippen molar-refractivity contribution in [3.8, 4) is 11.4 Å². The van der Waals surface area contributed by atoms with Crippen LogP contribution in [0.3, 0.4) is 0 Å². The molecule has 0 spiro atoms. The number of carbonyl (C=O) groups is 1. The number of aromatic nitrogens is 2. The van der Waals surface area contributed by atoms with Crippen LogP contribution in [0, 0.1) is 0 Å². The third-order valence-corrected chi connectivity index (χ3v) is 7.17. The van der Waals surface area contributed by atoms with E-state index >= 15 is 0 Å². The second-order valence-electron chi connectivity index (χ2n) is 7.51. The van der Waals surface area contributed by atoms with E-state index in [1.807, 2.05) is 30.3 Å². The molecule has 8 nitrogen and oxygen atoms in total. The third kappa shape index (κ3) is 4.67. The Kier molecular flexibility index (Phi) is 6.15. The van der Waals surface area contributed by atoms with E-state index < -0.39 is 16.1 Å². The Morgan fingerprint density at radius 1 is 1.03 bits per heavy atom. The van der Waals surface area contributed by atoms with Gasteiger partial charge in [0.1, 0.15) is 6.04 Å². The van der Waals surface area contributed by atoms with Crippen LogP contribution in [0.25, 0.3) is 11.4 Å². The standard InChI is InChI=1S/C22H24N4O4S/c1-16(22-24-20(25-30-22)17-8-4-2-5-9-17)23-21(27)18-10-12-19(13-11-18)31(28,29)26-14-6-3-7-15-26/h2,4-5,8-13,16H,3,6-7,14-15H2,1H3,(H,23,27). The summed E-state index contributed by atoms with van der Waals surface area (Å²) in [4.78, 5) is 17.2. The van der Waals surface area contributed by atoms with E-state index in [9.17, 15) is 13.2 Å². The number of sulfonamides is 1. The first-order valence-electron chi connectivity index (χ1n) is 10.3. The number of rotatable bonds is 6. The van der Waals surface area contributed by atoms with Gasteiger partial charge in [-0.05, 0) is 44.0 Å². The average Bonchev–Trinajstić information content (AvgIpc) is 3.31. The van der Waals surface area contributed by atoms with Gasteiger partial charge in [0.25, 0.3) is 5.91 Å². The molecule has 162 valence electrons. The van der Waals surface area contributed by atoms with Gasteiger partial charge in [-0.2, -0.15) is 9.29 Å². The normalized spacial score (nSPS) is 16.0. The van der Waals surface area contributed by atoms with Gasteiger partial charge in [-0.25, -0.2) is 8.42 Å². The molecule has 4 rings (SSSR count). The summed E-state index contributed by atoms with van der Waals surface area (Å²) in [6.45, 7) is 2.82. The number of carbonyl (C=O) groups excluding carboxylic acids is 1. The molecule has 0 aliphatic carbocycles. The lowest BCUT2D eigenvalue weighted by Crippen LogP contribution is -2.35. The molecule has 1 fully saturated rings. The molecular formula is C22H24N4O4S. The first kappa shape index (κ1) is 21.2. The quantitative estimate of drug-likeness (QED) is 0.630. The van der Waals surface area contributed by atoms with E-state index in [1.54, 1.807) is 6.92 Å². The number of hydrogen-bond donors (Lipinski definition) is 1. The summed E-state index contributed by atoms with van der Waals surface area (Å²) >= 11 is 0. The van der Waals surface area contributed by atoms with E-state index in [0.29, 0.717) is 24.5 Å². The Labute approximate surface area is 181 Å². The number of benzene rings is 2. The molecule has 31 heavy (non-hydrogen) atoms. The van der Waals surface area contributed by atoms with Crippen molar-refractivity contribution in [1.82, 2.24) is 19.8 Å². The van der Waals surface area contributed by atoms with Crippen molar-refractivity contribution in [1.29, 1.82) is 0 Å². The van der Waals surface area contributed by atoms with Crippen molar-refractivity contribution in [3.63, 3.8) is 0 Å². The highest BCUT2D eigenvalue weighted by Crippen LogP contribution is 2.22. The maximum atomic E-state index is 12.7. The zero-order valence-electron chi connectivity index (χ0n) is 17.2. The summed E-state index contributed by atoms with van der Waals surface area (Å²) in [6.07, 6.45) is 2.80. The third-order valence-electron chi connectivity index (χ3n) is 5.26. The Bertz CT molecular complexity index is 1140. The first-order chi connectivity index (χ1) is 14.9. The summed E-state index contributed by atoms with van der Waals surface area (Å²) in [5.41, 5.74) is 1.17. The Hall–Kier alpha value is -3.04. The van der Waals surface area contributed by atoms with Crippen LogP contribution in [0.15, 0.2) is 64.0 Å². The van der Waals surface area contributed by atoms with Crippen LogP contribution in [0.1, 0.15) is 48.5 Å². The van der Waals surface area contributed by atoms with Crippen LogP contribution in [-0.4, -0.2) is 41.9 Å². The van der Waals surface area contributed by atoms with Crippen LogP contribution in [0.5, 0.6) is 0 Å². The maximum Gasteiger partial charge on any atom is 0.251 e. The molecular weight excluding hydrogens is 416 g/mol. The van der Waals surface area contributed by atoms with E-state index in [4.69, 9.17) is 4.52 Å². The second kappa shape index (κ2) is 8.99. The van der Waals surface area contributed by atoms with Crippen LogP contribution < -0.4 is 5.32 Å². The van der Waals surface area contributed by atoms with Gasteiger partial charge in [-0.3, -0.25) is 4.79 Å². The number of hydrogen-bond acceptors (Lipinski definition) is 6. The fourth-order valence-corrected chi connectivity index (χ4v) is 5.01. The molecule has 0 saturated carbocycles. The Morgan fingerprint density at radius 3 is 2.39 bits per heavy atom. The molecule has 1 unspecified atom stereocenters. The van der Waals surface area contributed by atoms with E-state index in [1.165, 1.54) is 28.6 Å². The topological polar surface area (TPSA) is 105 Å². The van der Waals surface area contributed by atoms with Crippen LogP contribution in [0.4, 0.5) is 0 Å². The molecule has 1 atom stereocenters. The summed E-state index contributed by atoms with van der Waals surface area (Å²) in [7, 11) is -3.53. The smallest absolute Gasteiger partial charge is 0.251 e. The number of nitrogens with one attached hydrogen (secondary N) is 1. The van der Waals surface area contributed by atoms with Crippen molar-refractivity contribution in [3.05, 3.63) is 66.1 Å². The van der Waals surface area contributed by atoms with E-state index in [0.717, 1.165) is 24.8 Å². The van der Waals surface area contributed by atoms with E-state index in [-0.39, 0.29) is 16.7 Å². The summed E-state index contributed by atoms with van der Waals surface area (Å²) in [6, 6.07) is 14.9. The monoisotopic (exact) mass is 440 g/mol. The average molecular weight is 441 g/mol. The van der Waals surface area contributed by atoms with Crippen molar-refractivity contribution >= 4 is 15.9 Å². The highest BCUT2D eigenvalue weighted by molar-refractivity contribution is 7.89. The Balaban J connectivity index is 1.42. The highest BCUT2D eigenvalue weighted by Gasteiger charge is 2.26. The molecule has 0 bridgehead atoms. The van der Waals surface area contributed by atoms with Crippen molar-refractivity contribution < 1.29 is 17.7 Å². The number of nitrogens with zero attached hydrogens (tertiary/aromatic N) is 3. The molecule has 2 aromatic carbocycles. The molecule has 1 aliphatic rings. The molecule has 3 aromatic rings. The van der Waals surface area contributed by atoms with E-state index in [2.05, 4.69) is 15.5 Å². The molecule has 1 aliphatic heterocycles. The van der Waals surface area contributed by atoms with Gasteiger partial charge in [0.2, 0.25) is 21.7 Å². The van der Waals surface area contributed by atoms with Gasteiger partial charge < -0.3 is 9.84 Å². The minimum atomic E-state index is -3.53. The molecule has 2 heterocycles. The predicted molar refractivity (Wildman–Crippen MR) is 115 cm³/mol. The summed E-state index contributed by atoms with van der Waals surface area (Å²) < 4.78 is 32.3. The largest absolute Gasteiger partial charge is 0.341 e. The maximum absolute atomic E-state index is 12.7.